The van der Waals surface area contributed by atoms with Gasteiger partial charge in [-0.2, -0.15) is 0 Å². The van der Waals surface area contributed by atoms with Crippen LogP contribution in [0.5, 0.6) is 0 Å². The summed E-state index contributed by atoms with van der Waals surface area (Å²) < 4.78 is 5.26. The Bertz CT molecular complexity index is 535. The van der Waals surface area contributed by atoms with Crippen molar-refractivity contribution in [2.24, 2.45) is 0 Å². The summed E-state index contributed by atoms with van der Waals surface area (Å²) >= 11 is 1.65. The molecule has 0 spiro atoms. The van der Waals surface area contributed by atoms with Gasteiger partial charge in [0, 0.05) is 11.9 Å². The maximum Gasteiger partial charge on any atom is 0.264 e. The van der Waals surface area contributed by atoms with Crippen LogP contribution in [-0.2, 0) is 19.4 Å². The summed E-state index contributed by atoms with van der Waals surface area (Å²) in [6.07, 6.45) is 5.13. The van der Waals surface area contributed by atoms with Crippen molar-refractivity contribution in [1.82, 2.24) is 4.90 Å². The third-order valence-corrected chi connectivity index (χ3v) is 4.50. The fourth-order valence-corrected chi connectivity index (χ4v) is 3.58. The zero-order chi connectivity index (χ0) is 12.5. The van der Waals surface area contributed by atoms with E-state index in [1.807, 2.05) is 19.2 Å². The lowest BCUT2D eigenvalue weighted by atomic mass is 10.2. The van der Waals surface area contributed by atoms with Gasteiger partial charge in [-0.1, -0.05) is 0 Å². The first kappa shape index (κ1) is 11.5. The van der Waals surface area contributed by atoms with Crippen molar-refractivity contribution in [1.29, 1.82) is 0 Å². The van der Waals surface area contributed by atoms with Crippen LogP contribution in [0.4, 0.5) is 0 Å². The summed E-state index contributed by atoms with van der Waals surface area (Å²) in [6, 6.07) is 5.79. The van der Waals surface area contributed by atoms with Gasteiger partial charge in [0.2, 0.25) is 0 Å². The standard InChI is InChI=1S/C14H15NO2S/c1-15(9-11-5-3-7-17-11)14(16)13-8-10-4-2-6-12(10)18-13/h3,5,7-8H,2,4,6,9H2,1H3. The quantitative estimate of drug-likeness (QED) is 0.850. The average Bonchev–Trinajstić information content (AvgIpc) is 3.02. The van der Waals surface area contributed by atoms with Crippen LogP contribution in [0.25, 0.3) is 0 Å². The van der Waals surface area contributed by atoms with Gasteiger partial charge in [-0.05, 0) is 43.0 Å². The highest BCUT2D eigenvalue weighted by molar-refractivity contribution is 7.14. The maximum absolute atomic E-state index is 12.3. The Hall–Kier alpha value is -1.55. The number of carbonyl (C=O) groups excluding carboxylic acids is 1. The Kier molecular flexibility index (Phi) is 2.96. The van der Waals surface area contributed by atoms with Gasteiger partial charge in [-0.15, -0.1) is 11.3 Å². The lowest BCUT2D eigenvalue weighted by Gasteiger charge is -2.14. The number of hydrogen-bond donors (Lipinski definition) is 0. The van der Waals surface area contributed by atoms with Crippen molar-refractivity contribution in [2.75, 3.05) is 7.05 Å². The second-order valence-electron chi connectivity index (χ2n) is 4.65. The van der Waals surface area contributed by atoms with E-state index < -0.39 is 0 Å². The largest absolute Gasteiger partial charge is 0.467 e. The topological polar surface area (TPSA) is 33.5 Å². The van der Waals surface area contributed by atoms with Crippen LogP contribution in [-0.4, -0.2) is 17.9 Å². The third kappa shape index (κ3) is 2.08. The van der Waals surface area contributed by atoms with Gasteiger partial charge in [-0.3, -0.25) is 4.79 Å². The predicted molar refractivity (Wildman–Crippen MR) is 70.8 cm³/mol. The second kappa shape index (κ2) is 4.61. The molecule has 94 valence electrons. The van der Waals surface area contributed by atoms with Crippen molar-refractivity contribution >= 4 is 17.2 Å². The molecule has 2 aromatic rings. The van der Waals surface area contributed by atoms with Gasteiger partial charge in [0.15, 0.2) is 0 Å². The molecule has 0 saturated carbocycles. The van der Waals surface area contributed by atoms with Gasteiger partial charge < -0.3 is 9.32 Å². The summed E-state index contributed by atoms with van der Waals surface area (Å²) in [7, 11) is 1.82. The van der Waals surface area contributed by atoms with Crippen LogP contribution >= 0.6 is 11.3 Å². The SMILES string of the molecule is CN(Cc1ccco1)C(=O)c1cc2c(s1)CCC2. The van der Waals surface area contributed by atoms with Crippen molar-refractivity contribution in [2.45, 2.75) is 25.8 Å². The lowest BCUT2D eigenvalue weighted by Crippen LogP contribution is -2.25. The maximum atomic E-state index is 12.3. The minimum atomic E-state index is 0.0887. The molecule has 1 aliphatic carbocycles. The van der Waals surface area contributed by atoms with Gasteiger partial charge >= 0.3 is 0 Å². The van der Waals surface area contributed by atoms with E-state index in [2.05, 4.69) is 6.07 Å². The molecule has 0 aromatic carbocycles. The van der Waals surface area contributed by atoms with E-state index in [0.29, 0.717) is 6.54 Å². The number of furan rings is 1. The monoisotopic (exact) mass is 261 g/mol. The smallest absolute Gasteiger partial charge is 0.264 e. The first-order valence-electron chi connectivity index (χ1n) is 6.13. The molecule has 0 aliphatic heterocycles. The molecule has 0 radical (unpaired) electrons. The molecule has 18 heavy (non-hydrogen) atoms. The molecular weight excluding hydrogens is 246 g/mol. The van der Waals surface area contributed by atoms with Crippen LogP contribution in [0, 0.1) is 0 Å². The number of amides is 1. The van der Waals surface area contributed by atoms with Crippen molar-refractivity contribution < 1.29 is 9.21 Å². The summed E-state index contributed by atoms with van der Waals surface area (Å²) in [4.78, 5) is 16.2. The molecule has 1 amide bonds. The third-order valence-electron chi connectivity index (χ3n) is 3.28. The molecule has 2 aromatic heterocycles. The molecule has 3 rings (SSSR count). The minimum absolute atomic E-state index is 0.0887. The summed E-state index contributed by atoms with van der Waals surface area (Å²) in [5.41, 5.74) is 1.37. The molecule has 0 atom stereocenters. The number of carbonyl (C=O) groups is 1. The van der Waals surface area contributed by atoms with Crippen molar-refractivity contribution in [3.05, 3.63) is 45.5 Å². The number of thiophene rings is 1. The minimum Gasteiger partial charge on any atom is -0.467 e. The highest BCUT2D eigenvalue weighted by Gasteiger charge is 2.20. The fraction of sp³-hybridized carbons (Fsp3) is 0.357. The highest BCUT2D eigenvalue weighted by atomic mass is 32.1. The van der Waals surface area contributed by atoms with E-state index in [4.69, 9.17) is 4.42 Å². The number of fused-ring (bicyclic) bond motifs is 1. The molecule has 3 nitrogen and oxygen atoms in total. The van der Waals surface area contributed by atoms with Gasteiger partial charge in [0.05, 0.1) is 17.7 Å². The Morgan fingerprint density at radius 3 is 3.11 bits per heavy atom. The Morgan fingerprint density at radius 1 is 1.50 bits per heavy atom. The molecule has 2 heterocycles. The van der Waals surface area contributed by atoms with E-state index in [0.717, 1.165) is 23.5 Å². The number of rotatable bonds is 3. The number of hydrogen-bond acceptors (Lipinski definition) is 3. The number of nitrogens with zero attached hydrogens (tertiary/aromatic N) is 1. The van der Waals surface area contributed by atoms with Crippen LogP contribution in [0.15, 0.2) is 28.9 Å². The van der Waals surface area contributed by atoms with E-state index >= 15 is 0 Å². The molecule has 0 saturated heterocycles. The molecule has 0 unspecified atom stereocenters. The van der Waals surface area contributed by atoms with Gasteiger partial charge in [0.25, 0.3) is 5.91 Å². The van der Waals surface area contributed by atoms with Gasteiger partial charge in [-0.25, -0.2) is 0 Å². The first-order valence-corrected chi connectivity index (χ1v) is 6.95. The zero-order valence-corrected chi connectivity index (χ0v) is 11.1. The number of aryl methyl sites for hydroxylation is 2. The normalized spacial score (nSPS) is 13.6. The summed E-state index contributed by atoms with van der Waals surface area (Å²) in [6.45, 7) is 0.522. The van der Waals surface area contributed by atoms with Crippen LogP contribution in [0.3, 0.4) is 0 Å². The summed E-state index contributed by atoms with van der Waals surface area (Å²) in [5.74, 6) is 0.903. The van der Waals surface area contributed by atoms with E-state index in [1.54, 1.807) is 22.5 Å². The van der Waals surface area contributed by atoms with E-state index in [1.165, 1.54) is 16.9 Å². The Balaban J connectivity index is 1.73. The average molecular weight is 261 g/mol. The Labute approximate surface area is 110 Å². The van der Waals surface area contributed by atoms with Crippen molar-refractivity contribution in [3.63, 3.8) is 0 Å². The van der Waals surface area contributed by atoms with Crippen LogP contribution < -0.4 is 0 Å². The second-order valence-corrected chi connectivity index (χ2v) is 5.79. The van der Waals surface area contributed by atoms with Crippen LogP contribution in [0.2, 0.25) is 0 Å². The molecular formula is C14H15NO2S. The Morgan fingerprint density at radius 2 is 2.39 bits per heavy atom. The molecule has 0 N–H and O–H groups in total. The fourth-order valence-electron chi connectivity index (χ4n) is 2.33. The van der Waals surface area contributed by atoms with E-state index in [-0.39, 0.29) is 5.91 Å². The lowest BCUT2D eigenvalue weighted by molar-refractivity contribution is 0.0780. The van der Waals surface area contributed by atoms with Gasteiger partial charge in [0.1, 0.15) is 5.76 Å². The molecule has 0 fully saturated rings. The highest BCUT2D eigenvalue weighted by Crippen LogP contribution is 2.31. The first-order chi connectivity index (χ1) is 8.74. The van der Waals surface area contributed by atoms with Crippen LogP contribution in [0.1, 0.15) is 32.3 Å². The predicted octanol–water partition coefficient (Wildman–Crippen LogP) is 3.10. The summed E-state index contributed by atoms with van der Waals surface area (Å²) in [5, 5.41) is 0. The molecule has 0 bridgehead atoms. The van der Waals surface area contributed by atoms with E-state index in [9.17, 15) is 4.79 Å². The molecule has 4 heteroatoms. The van der Waals surface area contributed by atoms with Crippen molar-refractivity contribution in [3.8, 4) is 0 Å². The zero-order valence-electron chi connectivity index (χ0n) is 10.3. The molecule has 1 aliphatic rings.